The van der Waals surface area contributed by atoms with Crippen LogP contribution in [0.3, 0.4) is 0 Å². The summed E-state index contributed by atoms with van der Waals surface area (Å²) in [4.78, 5) is 12.0. The predicted molar refractivity (Wildman–Crippen MR) is 65.3 cm³/mol. The van der Waals surface area contributed by atoms with E-state index < -0.39 is 17.3 Å². The van der Waals surface area contributed by atoms with Gasteiger partial charge in [-0.2, -0.15) is 13.2 Å². The summed E-state index contributed by atoms with van der Waals surface area (Å²) in [5.41, 5.74) is 3.65. The van der Waals surface area contributed by atoms with E-state index in [1.165, 1.54) is 18.2 Å². The Balaban J connectivity index is 2.54. The van der Waals surface area contributed by atoms with E-state index in [-0.39, 0.29) is 30.1 Å². The summed E-state index contributed by atoms with van der Waals surface area (Å²) in [6.07, 6.45) is -3.31. The number of ketones is 1. The fourth-order valence-corrected chi connectivity index (χ4v) is 2.75. The first-order valence-corrected chi connectivity index (χ1v) is 6.24. The van der Waals surface area contributed by atoms with Gasteiger partial charge in [-0.3, -0.25) is 4.79 Å². The first-order chi connectivity index (χ1) is 8.75. The van der Waals surface area contributed by atoms with Gasteiger partial charge in [0.15, 0.2) is 5.78 Å². The third-order valence-corrected chi connectivity index (χ3v) is 3.75. The second-order valence-electron chi connectivity index (χ2n) is 5.29. The third kappa shape index (κ3) is 2.52. The van der Waals surface area contributed by atoms with E-state index in [2.05, 4.69) is 0 Å². The zero-order valence-corrected chi connectivity index (χ0v) is 10.6. The maximum absolute atomic E-state index is 13.0. The zero-order chi connectivity index (χ0) is 14.3. The normalized spacial score (nSPS) is 28.5. The lowest BCUT2D eigenvalue weighted by atomic mass is 9.71. The number of carbonyl (C=O) groups is 1. The van der Waals surface area contributed by atoms with Crippen LogP contribution < -0.4 is 5.73 Å². The molecule has 0 aliphatic heterocycles. The van der Waals surface area contributed by atoms with Crippen LogP contribution in [0.2, 0.25) is 0 Å². The lowest BCUT2D eigenvalue weighted by Crippen LogP contribution is -2.49. The van der Waals surface area contributed by atoms with Crippen molar-refractivity contribution in [3.63, 3.8) is 0 Å². The summed E-state index contributed by atoms with van der Waals surface area (Å²) in [5, 5.41) is 0. The van der Waals surface area contributed by atoms with Gasteiger partial charge in [0.2, 0.25) is 0 Å². The van der Waals surface area contributed by atoms with Crippen molar-refractivity contribution in [2.24, 2.45) is 11.7 Å². The van der Waals surface area contributed by atoms with E-state index in [9.17, 15) is 18.0 Å². The number of benzene rings is 1. The van der Waals surface area contributed by atoms with Crippen molar-refractivity contribution in [2.45, 2.75) is 37.9 Å². The minimum Gasteiger partial charge on any atom is -0.315 e. The summed E-state index contributed by atoms with van der Waals surface area (Å²) in [5.74, 6) is -0.161. The minimum absolute atomic E-state index is 0.0981. The molecule has 2 N–H and O–H groups in total. The Labute approximate surface area is 109 Å². The Hall–Kier alpha value is -1.36. The van der Waals surface area contributed by atoms with E-state index in [4.69, 9.17) is 5.73 Å². The number of carbonyl (C=O) groups excluding carboxylic acids is 1. The van der Waals surface area contributed by atoms with Gasteiger partial charge < -0.3 is 5.73 Å². The van der Waals surface area contributed by atoms with Crippen LogP contribution in [0.15, 0.2) is 24.3 Å². The summed E-state index contributed by atoms with van der Waals surface area (Å²) < 4.78 is 39.1. The Kier molecular flexibility index (Phi) is 3.43. The van der Waals surface area contributed by atoms with E-state index in [1.807, 2.05) is 6.92 Å². The quantitative estimate of drug-likeness (QED) is 0.852. The number of halogens is 3. The van der Waals surface area contributed by atoms with Crippen LogP contribution in [0.4, 0.5) is 13.2 Å². The molecule has 1 aliphatic rings. The van der Waals surface area contributed by atoms with Gasteiger partial charge in [0.05, 0.1) is 5.56 Å². The van der Waals surface area contributed by atoms with Crippen molar-refractivity contribution >= 4 is 5.78 Å². The van der Waals surface area contributed by atoms with E-state index in [0.717, 1.165) is 6.07 Å². The summed E-state index contributed by atoms with van der Waals surface area (Å²) in [6, 6.07) is 5.10. The predicted octanol–water partition coefficient (Wildman–Crippen LogP) is 3.25. The number of nitrogens with two attached hydrogens (primary N) is 1. The molecule has 0 amide bonds. The molecule has 0 heterocycles. The summed E-state index contributed by atoms with van der Waals surface area (Å²) >= 11 is 0. The molecule has 0 radical (unpaired) electrons. The molecule has 1 unspecified atom stereocenters. The molecule has 2 atom stereocenters. The fourth-order valence-electron chi connectivity index (χ4n) is 2.75. The molecule has 104 valence electrons. The van der Waals surface area contributed by atoms with E-state index in [0.29, 0.717) is 6.42 Å². The first-order valence-electron chi connectivity index (χ1n) is 6.24. The monoisotopic (exact) mass is 271 g/mol. The van der Waals surface area contributed by atoms with Gasteiger partial charge in [0.25, 0.3) is 0 Å². The van der Waals surface area contributed by atoms with Crippen LogP contribution in [-0.2, 0) is 16.5 Å². The lowest BCUT2D eigenvalue weighted by Gasteiger charge is -2.37. The van der Waals surface area contributed by atoms with Crippen molar-refractivity contribution in [2.75, 3.05) is 0 Å². The highest BCUT2D eigenvalue weighted by molar-refractivity contribution is 5.90. The smallest absolute Gasteiger partial charge is 0.315 e. The van der Waals surface area contributed by atoms with Crippen LogP contribution in [0, 0.1) is 5.92 Å². The van der Waals surface area contributed by atoms with Gasteiger partial charge in [0, 0.05) is 6.42 Å². The second-order valence-corrected chi connectivity index (χ2v) is 5.29. The fraction of sp³-hybridized carbons (Fsp3) is 0.500. The number of hydrogen-bond acceptors (Lipinski definition) is 2. The average Bonchev–Trinajstić information content (AvgIpc) is 2.33. The summed E-state index contributed by atoms with van der Waals surface area (Å²) in [6.45, 7) is 1.91. The maximum atomic E-state index is 13.0. The van der Waals surface area contributed by atoms with Crippen molar-refractivity contribution in [3.05, 3.63) is 35.4 Å². The van der Waals surface area contributed by atoms with Crippen LogP contribution in [-0.4, -0.2) is 5.78 Å². The number of alkyl halides is 3. The molecule has 0 saturated heterocycles. The molecule has 1 saturated carbocycles. The zero-order valence-electron chi connectivity index (χ0n) is 10.6. The molecule has 1 aromatic rings. The van der Waals surface area contributed by atoms with Crippen molar-refractivity contribution in [1.82, 2.24) is 0 Å². The van der Waals surface area contributed by atoms with Gasteiger partial charge in [-0.1, -0.05) is 25.1 Å². The molecule has 2 rings (SSSR count). The van der Waals surface area contributed by atoms with Crippen LogP contribution in [0.5, 0.6) is 0 Å². The number of Topliss-reactive ketones (excluding diaryl/α,β-unsaturated/α-hetero) is 1. The molecular formula is C14H16F3NO. The van der Waals surface area contributed by atoms with E-state index in [1.54, 1.807) is 0 Å². The van der Waals surface area contributed by atoms with Gasteiger partial charge in [0.1, 0.15) is 5.54 Å². The molecule has 1 aliphatic carbocycles. The topological polar surface area (TPSA) is 43.1 Å². The maximum Gasteiger partial charge on any atom is 0.416 e. The highest BCUT2D eigenvalue weighted by Crippen LogP contribution is 2.41. The molecule has 0 spiro atoms. The largest absolute Gasteiger partial charge is 0.416 e. The molecule has 1 fully saturated rings. The molecule has 19 heavy (non-hydrogen) atoms. The molecular weight excluding hydrogens is 255 g/mol. The van der Waals surface area contributed by atoms with Crippen LogP contribution in [0.25, 0.3) is 0 Å². The molecule has 0 bridgehead atoms. The Morgan fingerprint density at radius 3 is 2.58 bits per heavy atom. The first kappa shape index (κ1) is 14.1. The number of rotatable bonds is 1. The molecule has 5 heteroatoms. The second kappa shape index (κ2) is 4.63. The number of hydrogen-bond donors (Lipinski definition) is 1. The van der Waals surface area contributed by atoms with Gasteiger partial charge >= 0.3 is 6.18 Å². The third-order valence-electron chi connectivity index (χ3n) is 3.75. The Morgan fingerprint density at radius 2 is 1.95 bits per heavy atom. The average molecular weight is 271 g/mol. The van der Waals surface area contributed by atoms with Crippen LogP contribution in [0.1, 0.15) is 37.3 Å². The SMILES string of the molecule is C[C@H]1CCC(=O)C(N)(c2ccccc2C(F)(F)F)C1. The van der Waals surface area contributed by atoms with Crippen LogP contribution >= 0.6 is 0 Å². The van der Waals surface area contributed by atoms with Gasteiger partial charge in [-0.25, -0.2) is 0 Å². The Morgan fingerprint density at radius 1 is 1.32 bits per heavy atom. The molecule has 1 aromatic carbocycles. The van der Waals surface area contributed by atoms with Crippen molar-refractivity contribution in [3.8, 4) is 0 Å². The minimum atomic E-state index is -4.50. The van der Waals surface area contributed by atoms with Crippen molar-refractivity contribution < 1.29 is 18.0 Å². The summed E-state index contributed by atoms with van der Waals surface area (Å²) in [7, 11) is 0. The van der Waals surface area contributed by atoms with Crippen molar-refractivity contribution in [1.29, 1.82) is 0 Å². The molecule has 0 aromatic heterocycles. The Bertz CT molecular complexity index is 498. The highest BCUT2D eigenvalue weighted by atomic mass is 19.4. The van der Waals surface area contributed by atoms with E-state index >= 15 is 0 Å². The highest BCUT2D eigenvalue weighted by Gasteiger charge is 2.45. The lowest BCUT2D eigenvalue weighted by molar-refractivity contribution is -0.140. The standard InChI is InChI=1S/C14H16F3NO/c1-9-6-7-12(19)13(18,8-9)10-4-2-3-5-11(10)14(15,16)17/h2-5,9H,6-8,18H2,1H3/t9-,13?/m0/s1. The van der Waals surface area contributed by atoms with Gasteiger partial charge in [-0.05, 0) is 30.4 Å². The molecule has 2 nitrogen and oxygen atoms in total. The van der Waals surface area contributed by atoms with Gasteiger partial charge in [-0.15, -0.1) is 0 Å².